The van der Waals surface area contributed by atoms with E-state index in [0.717, 1.165) is 0 Å². The van der Waals surface area contributed by atoms with Crippen molar-refractivity contribution >= 4 is 16.8 Å². The number of ether oxygens (including phenoxy) is 1. The first-order valence-electron chi connectivity index (χ1n) is 7.65. The SMILES string of the molecule is Cn1cnnc1[C@@H]1CN(C(=O)c2cc3c(F)cccc3[nH]2)CCO1. The molecule has 1 atom stereocenters. The second-order valence-electron chi connectivity index (χ2n) is 5.79. The Labute approximate surface area is 137 Å². The Balaban J connectivity index is 1.59. The van der Waals surface area contributed by atoms with Crippen LogP contribution in [-0.4, -0.2) is 50.3 Å². The highest BCUT2D eigenvalue weighted by Gasteiger charge is 2.29. The van der Waals surface area contributed by atoms with Gasteiger partial charge in [0.1, 0.15) is 23.9 Å². The standard InChI is InChI=1S/C16H16FN5O2/c1-21-9-18-20-15(21)14-8-22(5-6-24-14)16(23)13-7-10-11(17)3-2-4-12(10)19-13/h2-4,7,9,14,19H,5-6,8H2,1H3/t14-/m0/s1. The fraction of sp³-hybridized carbons (Fsp3) is 0.312. The topological polar surface area (TPSA) is 76.0 Å². The van der Waals surface area contributed by atoms with Crippen molar-refractivity contribution in [3.63, 3.8) is 0 Å². The van der Waals surface area contributed by atoms with Gasteiger partial charge in [0.15, 0.2) is 5.82 Å². The van der Waals surface area contributed by atoms with Gasteiger partial charge in [0, 0.05) is 24.5 Å². The Bertz CT molecular complexity index is 903. The number of aromatic nitrogens is 4. The summed E-state index contributed by atoms with van der Waals surface area (Å²) in [6.07, 6.45) is 1.27. The molecule has 0 bridgehead atoms. The normalized spacial score (nSPS) is 18.2. The lowest BCUT2D eigenvalue weighted by Gasteiger charge is -2.32. The van der Waals surface area contributed by atoms with Crippen LogP contribution in [0.2, 0.25) is 0 Å². The summed E-state index contributed by atoms with van der Waals surface area (Å²) in [6, 6.07) is 6.29. The molecule has 124 valence electrons. The number of carbonyl (C=O) groups is 1. The lowest BCUT2D eigenvalue weighted by atomic mass is 10.2. The Hall–Kier alpha value is -2.74. The molecule has 3 heterocycles. The molecule has 0 unspecified atom stereocenters. The van der Waals surface area contributed by atoms with Gasteiger partial charge < -0.3 is 19.2 Å². The van der Waals surface area contributed by atoms with Crippen LogP contribution in [0.1, 0.15) is 22.4 Å². The van der Waals surface area contributed by atoms with Crippen molar-refractivity contribution in [1.29, 1.82) is 0 Å². The summed E-state index contributed by atoms with van der Waals surface area (Å²) in [4.78, 5) is 17.4. The second-order valence-corrected chi connectivity index (χ2v) is 5.79. The van der Waals surface area contributed by atoms with Crippen LogP contribution in [0, 0.1) is 5.82 Å². The van der Waals surface area contributed by atoms with Gasteiger partial charge in [0.25, 0.3) is 5.91 Å². The van der Waals surface area contributed by atoms with Gasteiger partial charge in [0.2, 0.25) is 0 Å². The smallest absolute Gasteiger partial charge is 0.270 e. The molecule has 7 nitrogen and oxygen atoms in total. The molecule has 1 N–H and O–H groups in total. The first-order valence-corrected chi connectivity index (χ1v) is 7.65. The van der Waals surface area contributed by atoms with Crippen LogP contribution in [0.4, 0.5) is 4.39 Å². The van der Waals surface area contributed by atoms with Gasteiger partial charge in [-0.2, -0.15) is 0 Å². The van der Waals surface area contributed by atoms with Gasteiger partial charge in [-0.3, -0.25) is 4.79 Å². The van der Waals surface area contributed by atoms with Gasteiger partial charge in [-0.25, -0.2) is 4.39 Å². The van der Waals surface area contributed by atoms with Crippen LogP contribution in [0.25, 0.3) is 10.9 Å². The number of rotatable bonds is 2. The molecular weight excluding hydrogens is 313 g/mol. The van der Waals surface area contributed by atoms with Crippen molar-refractivity contribution < 1.29 is 13.9 Å². The van der Waals surface area contributed by atoms with Crippen LogP contribution in [0.15, 0.2) is 30.6 Å². The Morgan fingerprint density at radius 3 is 3.08 bits per heavy atom. The largest absolute Gasteiger partial charge is 0.366 e. The molecule has 24 heavy (non-hydrogen) atoms. The van der Waals surface area contributed by atoms with E-state index >= 15 is 0 Å². The van der Waals surface area contributed by atoms with Gasteiger partial charge in [-0.15, -0.1) is 10.2 Å². The zero-order valence-corrected chi connectivity index (χ0v) is 13.1. The quantitative estimate of drug-likeness (QED) is 0.776. The molecule has 0 aliphatic carbocycles. The number of hydrogen-bond donors (Lipinski definition) is 1. The molecule has 4 rings (SSSR count). The number of halogens is 1. The van der Waals surface area contributed by atoms with Crippen LogP contribution in [0.3, 0.4) is 0 Å². The first kappa shape index (κ1) is 14.8. The number of hydrogen-bond acceptors (Lipinski definition) is 4. The van der Waals surface area contributed by atoms with E-state index in [1.54, 1.807) is 34.0 Å². The van der Waals surface area contributed by atoms with Crippen molar-refractivity contribution in [1.82, 2.24) is 24.6 Å². The van der Waals surface area contributed by atoms with E-state index in [-0.39, 0.29) is 17.8 Å². The predicted molar refractivity (Wildman–Crippen MR) is 83.9 cm³/mol. The monoisotopic (exact) mass is 329 g/mol. The third-order valence-electron chi connectivity index (χ3n) is 4.23. The Morgan fingerprint density at radius 1 is 1.46 bits per heavy atom. The number of fused-ring (bicyclic) bond motifs is 1. The summed E-state index contributed by atoms with van der Waals surface area (Å²) in [5.74, 6) is 0.151. The highest BCUT2D eigenvalue weighted by molar-refractivity contribution is 5.98. The summed E-state index contributed by atoms with van der Waals surface area (Å²) in [5.41, 5.74) is 0.977. The average Bonchev–Trinajstić information content (AvgIpc) is 3.21. The number of H-pyrrole nitrogens is 1. The fourth-order valence-corrected chi connectivity index (χ4v) is 2.98. The van der Waals surface area contributed by atoms with E-state index in [2.05, 4.69) is 15.2 Å². The molecule has 1 aromatic carbocycles. The number of aryl methyl sites for hydroxylation is 1. The molecule has 2 aromatic heterocycles. The zero-order chi connectivity index (χ0) is 16.7. The number of nitrogens with zero attached hydrogens (tertiary/aromatic N) is 4. The molecule has 1 aliphatic rings. The van der Waals surface area contributed by atoms with Gasteiger partial charge in [0.05, 0.1) is 13.2 Å². The number of aromatic amines is 1. The molecule has 1 aliphatic heterocycles. The maximum atomic E-state index is 13.8. The summed E-state index contributed by atoms with van der Waals surface area (Å²) >= 11 is 0. The van der Waals surface area contributed by atoms with Crippen molar-refractivity contribution in [2.75, 3.05) is 19.7 Å². The zero-order valence-electron chi connectivity index (χ0n) is 13.1. The average molecular weight is 329 g/mol. The van der Waals surface area contributed by atoms with Crippen LogP contribution in [0.5, 0.6) is 0 Å². The maximum Gasteiger partial charge on any atom is 0.270 e. The third kappa shape index (κ3) is 2.44. The highest BCUT2D eigenvalue weighted by atomic mass is 19.1. The molecule has 1 saturated heterocycles. The Kier molecular flexibility index (Phi) is 3.53. The molecule has 0 spiro atoms. The predicted octanol–water partition coefficient (Wildman–Crippen LogP) is 1.65. The van der Waals surface area contributed by atoms with Crippen molar-refractivity contribution in [3.8, 4) is 0 Å². The van der Waals surface area contributed by atoms with E-state index in [1.165, 1.54) is 6.07 Å². The maximum absolute atomic E-state index is 13.8. The van der Waals surface area contributed by atoms with E-state index < -0.39 is 0 Å². The minimum Gasteiger partial charge on any atom is -0.366 e. The summed E-state index contributed by atoms with van der Waals surface area (Å²) in [5, 5.41) is 8.31. The van der Waals surface area contributed by atoms with Gasteiger partial charge in [-0.1, -0.05) is 6.07 Å². The minimum absolute atomic E-state index is 0.180. The minimum atomic E-state index is -0.346. The number of nitrogens with one attached hydrogen (secondary N) is 1. The molecule has 0 saturated carbocycles. The second kappa shape index (κ2) is 5.72. The lowest BCUT2D eigenvalue weighted by molar-refractivity contribution is -0.0282. The van der Waals surface area contributed by atoms with Crippen LogP contribution in [-0.2, 0) is 11.8 Å². The van der Waals surface area contributed by atoms with E-state index in [0.29, 0.717) is 42.1 Å². The lowest BCUT2D eigenvalue weighted by Crippen LogP contribution is -2.43. The van der Waals surface area contributed by atoms with E-state index in [9.17, 15) is 9.18 Å². The summed E-state index contributed by atoms with van der Waals surface area (Å²) in [7, 11) is 1.83. The third-order valence-corrected chi connectivity index (χ3v) is 4.23. The van der Waals surface area contributed by atoms with Crippen LogP contribution >= 0.6 is 0 Å². The summed E-state index contributed by atoms with van der Waals surface area (Å²) < 4.78 is 21.3. The van der Waals surface area contributed by atoms with Crippen molar-refractivity contribution in [3.05, 3.63) is 47.9 Å². The molecular formula is C16H16FN5O2. The molecule has 1 fully saturated rings. The molecule has 3 aromatic rings. The summed E-state index contributed by atoms with van der Waals surface area (Å²) in [6.45, 7) is 1.27. The van der Waals surface area contributed by atoms with E-state index in [1.807, 2.05) is 7.05 Å². The van der Waals surface area contributed by atoms with Crippen molar-refractivity contribution in [2.24, 2.45) is 7.05 Å². The Morgan fingerprint density at radius 2 is 2.33 bits per heavy atom. The number of benzene rings is 1. The number of morpholine rings is 1. The number of carbonyl (C=O) groups excluding carboxylic acids is 1. The molecule has 1 amide bonds. The van der Waals surface area contributed by atoms with Gasteiger partial charge >= 0.3 is 0 Å². The van der Waals surface area contributed by atoms with E-state index in [4.69, 9.17) is 4.74 Å². The first-order chi connectivity index (χ1) is 11.6. The van der Waals surface area contributed by atoms with Crippen molar-refractivity contribution in [2.45, 2.75) is 6.10 Å². The van der Waals surface area contributed by atoms with Crippen LogP contribution < -0.4 is 0 Å². The number of amides is 1. The van der Waals surface area contributed by atoms with Gasteiger partial charge in [-0.05, 0) is 18.2 Å². The highest BCUT2D eigenvalue weighted by Crippen LogP contribution is 2.23. The molecule has 8 heteroatoms. The fourth-order valence-electron chi connectivity index (χ4n) is 2.98. The molecule has 0 radical (unpaired) electrons.